The molecule has 3 rings (SSSR count). The van der Waals surface area contributed by atoms with Crippen molar-refractivity contribution < 1.29 is 4.55 Å². The van der Waals surface area contributed by atoms with Crippen molar-refractivity contribution in [3.8, 4) is 0 Å². The summed E-state index contributed by atoms with van der Waals surface area (Å²) in [6, 6.07) is 8.22. The summed E-state index contributed by atoms with van der Waals surface area (Å²) in [5.41, 5.74) is 0. The quantitative estimate of drug-likeness (QED) is 0.833. The van der Waals surface area contributed by atoms with Crippen molar-refractivity contribution in [2.45, 2.75) is 29.8 Å². The Hall–Kier alpha value is -0.260. The minimum Gasteiger partial charge on any atom is -0.593 e. The fourth-order valence-corrected chi connectivity index (χ4v) is 4.60. The van der Waals surface area contributed by atoms with Crippen LogP contribution in [0, 0.1) is 0 Å². The number of rotatable bonds is 2. The SMILES string of the molecule is [O-][S+](c1ccccc1Cl)N1C2CCC1CNC2. The van der Waals surface area contributed by atoms with Crippen LogP contribution >= 0.6 is 11.6 Å². The van der Waals surface area contributed by atoms with Crippen molar-refractivity contribution in [2.24, 2.45) is 0 Å². The topological polar surface area (TPSA) is 38.3 Å². The van der Waals surface area contributed by atoms with Gasteiger partial charge in [0.05, 0.1) is 28.5 Å². The Morgan fingerprint density at radius 3 is 2.53 bits per heavy atom. The van der Waals surface area contributed by atoms with Gasteiger partial charge in [0.25, 0.3) is 0 Å². The van der Waals surface area contributed by atoms with Crippen molar-refractivity contribution in [2.75, 3.05) is 13.1 Å². The monoisotopic (exact) mass is 270 g/mol. The summed E-state index contributed by atoms with van der Waals surface area (Å²) in [4.78, 5) is 0.743. The van der Waals surface area contributed by atoms with Crippen LogP contribution in [0.2, 0.25) is 5.02 Å². The minimum absolute atomic E-state index is 0.394. The Bertz CT molecular complexity index is 401. The van der Waals surface area contributed by atoms with Gasteiger partial charge in [0.15, 0.2) is 4.90 Å². The van der Waals surface area contributed by atoms with Crippen LogP contribution in [0.15, 0.2) is 29.2 Å². The van der Waals surface area contributed by atoms with Gasteiger partial charge in [-0.15, -0.1) is 4.31 Å². The molecule has 2 bridgehead atoms. The Morgan fingerprint density at radius 1 is 1.24 bits per heavy atom. The first-order chi connectivity index (χ1) is 8.27. The van der Waals surface area contributed by atoms with Crippen LogP contribution in [-0.2, 0) is 11.4 Å². The molecule has 0 saturated carbocycles. The average molecular weight is 271 g/mol. The van der Waals surface area contributed by atoms with Gasteiger partial charge >= 0.3 is 0 Å². The third-order valence-corrected chi connectivity index (χ3v) is 5.68. The standard InChI is InChI=1S/C12H15ClN2OS/c13-11-3-1-2-4-12(11)17(16)15-9-5-6-10(15)8-14-7-9/h1-4,9-10,14H,5-8H2. The van der Waals surface area contributed by atoms with Crippen LogP contribution in [0.25, 0.3) is 0 Å². The Balaban J connectivity index is 1.87. The predicted octanol–water partition coefficient (Wildman–Crippen LogP) is 1.80. The van der Waals surface area contributed by atoms with Gasteiger partial charge in [-0.25, -0.2) is 0 Å². The summed E-state index contributed by atoms with van der Waals surface area (Å²) in [7, 11) is 0. The van der Waals surface area contributed by atoms with Crippen LogP contribution in [-0.4, -0.2) is 34.0 Å². The molecule has 92 valence electrons. The molecule has 5 heteroatoms. The van der Waals surface area contributed by atoms with Gasteiger partial charge in [-0.3, -0.25) is 0 Å². The van der Waals surface area contributed by atoms with Crippen LogP contribution in [0.4, 0.5) is 0 Å². The molecular weight excluding hydrogens is 256 g/mol. The second kappa shape index (κ2) is 4.78. The van der Waals surface area contributed by atoms with E-state index >= 15 is 0 Å². The molecule has 3 atom stereocenters. The molecule has 2 fully saturated rings. The highest BCUT2D eigenvalue weighted by atomic mass is 35.5. The Labute approximate surface area is 109 Å². The molecule has 0 aromatic heterocycles. The van der Waals surface area contributed by atoms with E-state index in [1.165, 1.54) is 0 Å². The van der Waals surface area contributed by atoms with E-state index in [9.17, 15) is 4.55 Å². The lowest BCUT2D eigenvalue weighted by Crippen LogP contribution is -2.54. The van der Waals surface area contributed by atoms with E-state index in [1.807, 2.05) is 18.2 Å². The zero-order valence-corrected chi connectivity index (χ0v) is 11.0. The van der Waals surface area contributed by atoms with E-state index in [4.69, 9.17) is 11.6 Å². The fraction of sp³-hybridized carbons (Fsp3) is 0.500. The van der Waals surface area contributed by atoms with Crippen LogP contribution < -0.4 is 5.32 Å². The van der Waals surface area contributed by atoms with Crippen LogP contribution in [0.5, 0.6) is 0 Å². The normalized spacial score (nSPS) is 30.5. The minimum atomic E-state index is -1.12. The molecule has 0 aliphatic carbocycles. The van der Waals surface area contributed by atoms with E-state index in [0.29, 0.717) is 17.1 Å². The average Bonchev–Trinajstić information content (AvgIpc) is 2.59. The molecule has 1 N–H and O–H groups in total. The summed E-state index contributed by atoms with van der Waals surface area (Å²) in [6.07, 6.45) is 2.27. The maximum atomic E-state index is 12.6. The van der Waals surface area contributed by atoms with E-state index < -0.39 is 11.4 Å². The lowest BCUT2D eigenvalue weighted by atomic mass is 10.2. The van der Waals surface area contributed by atoms with E-state index in [-0.39, 0.29) is 0 Å². The van der Waals surface area contributed by atoms with Gasteiger partial charge in [-0.05, 0) is 25.0 Å². The van der Waals surface area contributed by atoms with Crippen molar-refractivity contribution in [1.82, 2.24) is 9.62 Å². The first kappa shape index (κ1) is 11.8. The molecule has 2 aliphatic rings. The molecule has 3 nitrogen and oxygen atoms in total. The van der Waals surface area contributed by atoms with E-state index in [1.54, 1.807) is 6.07 Å². The molecule has 3 unspecified atom stereocenters. The van der Waals surface area contributed by atoms with E-state index in [2.05, 4.69) is 9.62 Å². The highest BCUT2D eigenvalue weighted by Crippen LogP contribution is 2.34. The van der Waals surface area contributed by atoms with Crippen LogP contribution in [0.3, 0.4) is 0 Å². The number of hydrogen-bond acceptors (Lipinski definition) is 3. The molecule has 2 saturated heterocycles. The first-order valence-electron chi connectivity index (χ1n) is 5.93. The van der Waals surface area contributed by atoms with Gasteiger partial charge < -0.3 is 9.87 Å². The van der Waals surface area contributed by atoms with Gasteiger partial charge in [0, 0.05) is 13.1 Å². The number of halogens is 1. The highest BCUT2D eigenvalue weighted by molar-refractivity contribution is 7.89. The number of nitrogens with zero attached hydrogens (tertiary/aromatic N) is 1. The summed E-state index contributed by atoms with van der Waals surface area (Å²) in [6.45, 7) is 1.87. The lowest BCUT2D eigenvalue weighted by molar-refractivity contribution is 0.263. The molecule has 0 amide bonds. The summed E-state index contributed by atoms with van der Waals surface area (Å²) in [5, 5.41) is 3.99. The van der Waals surface area contributed by atoms with Gasteiger partial charge in [-0.2, -0.15) is 0 Å². The third-order valence-electron chi connectivity index (χ3n) is 3.53. The smallest absolute Gasteiger partial charge is 0.192 e. The summed E-state index contributed by atoms with van der Waals surface area (Å²) >= 11 is 5.00. The molecule has 0 spiro atoms. The first-order valence-corrected chi connectivity index (χ1v) is 7.41. The number of nitrogens with one attached hydrogen (secondary N) is 1. The second-order valence-electron chi connectivity index (χ2n) is 4.58. The molecule has 0 radical (unpaired) electrons. The van der Waals surface area contributed by atoms with Crippen molar-refractivity contribution in [3.63, 3.8) is 0 Å². The zero-order chi connectivity index (χ0) is 11.8. The summed E-state index contributed by atoms with van der Waals surface area (Å²) < 4.78 is 14.7. The van der Waals surface area contributed by atoms with Crippen LogP contribution in [0.1, 0.15) is 12.8 Å². The third kappa shape index (κ3) is 2.09. The van der Waals surface area contributed by atoms with Crippen molar-refractivity contribution >= 4 is 23.0 Å². The number of piperazine rings is 1. The molecule has 2 aliphatic heterocycles. The highest BCUT2D eigenvalue weighted by Gasteiger charge is 2.45. The maximum Gasteiger partial charge on any atom is 0.192 e. The zero-order valence-electron chi connectivity index (χ0n) is 9.43. The van der Waals surface area contributed by atoms with Gasteiger partial charge in [0.2, 0.25) is 0 Å². The Morgan fingerprint density at radius 2 is 1.88 bits per heavy atom. The summed E-state index contributed by atoms with van der Waals surface area (Å²) in [5.74, 6) is 0. The molecule has 2 heterocycles. The number of fused-ring (bicyclic) bond motifs is 2. The lowest BCUT2D eigenvalue weighted by Gasteiger charge is -2.34. The predicted molar refractivity (Wildman–Crippen MR) is 69.4 cm³/mol. The molecule has 17 heavy (non-hydrogen) atoms. The number of benzene rings is 1. The van der Waals surface area contributed by atoms with E-state index in [0.717, 1.165) is 30.8 Å². The largest absolute Gasteiger partial charge is 0.593 e. The van der Waals surface area contributed by atoms with Crippen molar-refractivity contribution in [3.05, 3.63) is 29.3 Å². The maximum absolute atomic E-state index is 12.6. The molecule has 1 aromatic rings. The number of hydrogen-bond donors (Lipinski definition) is 1. The molecular formula is C12H15ClN2OS. The second-order valence-corrected chi connectivity index (χ2v) is 6.35. The fourth-order valence-electron chi connectivity index (χ4n) is 2.71. The van der Waals surface area contributed by atoms with Crippen molar-refractivity contribution in [1.29, 1.82) is 0 Å². The molecule has 1 aromatic carbocycles. The Kier molecular flexibility index (Phi) is 3.32. The van der Waals surface area contributed by atoms with Gasteiger partial charge in [0.1, 0.15) is 0 Å². The van der Waals surface area contributed by atoms with Gasteiger partial charge in [-0.1, -0.05) is 23.7 Å².